The lowest BCUT2D eigenvalue weighted by Crippen LogP contribution is -2.37. The van der Waals surface area contributed by atoms with E-state index < -0.39 is 15.7 Å². The highest BCUT2D eigenvalue weighted by atomic mass is 35.5. The van der Waals surface area contributed by atoms with E-state index >= 15 is 0 Å². The van der Waals surface area contributed by atoms with E-state index in [-0.39, 0.29) is 33.7 Å². The summed E-state index contributed by atoms with van der Waals surface area (Å²) in [6.07, 6.45) is 1.98. The van der Waals surface area contributed by atoms with E-state index in [0.717, 1.165) is 12.8 Å². The van der Waals surface area contributed by atoms with Crippen LogP contribution in [0.4, 0.5) is 10.1 Å². The van der Waals surface area contributed by atoms with Crippen LogP contribution in [0.25, 0.3) is 0 Å². The monoisotopic (exact) mass is 404 g/mol. The zero-order valence-corrected chi connectivity index (χ0v) is 16.0. The number of anilines is 1. The van der Waals surface area contributed by atoms with Crippen LogP contribution in [0.5, 0.6) is 0 Å². The molecule has 0 aliphatic carbocycles. The minimum Gasteiger partial charge on any atom is -0.315 e. The van der Waals surface area contributed by atoms with Crippen LogP contribution in [-0.4, -0.2) is 42.3 Å². The summed E-state index contributed by atoms with van der Waals surface area (Å²) in [4.78, 5) is 17.9. The molecule has 5 nitrogen and oxygen atoms in total. The third-order valence-electron chi connectivity index (χ3n) is 4.21. The maximum Gasteiger partial charge on any atom is 0.248 e. The van der Waals surface area contributed by atoms with E-state index in [1.54, 1.807) is 11.0 Å². The maximum atomic E-state index is 13.9. The number of carbonyl (C=O) groups excluding carboxylic acids is 1. The number of halogens is 2. The van der Waals surface area contributed by atoms with E-state index in [0.29, 0.717) is 17.3 Å². The van der Waals surface area contributed by atoms with Crippen LogP contribution in [0.15, 0.2) is 23.2 Å². The molecule has 2 aliphatic rings. The number of rotatable bonds is 4. The van der Waals surface area contributed by atoms with Gasteiger partial charge in [-0.1, -0.05) is 36.7 Å². The second-order valence-corrected chi connectivity index (χ2v) is 9.93. The second kappa shape index (κ2) is 7.25. The summed E-state index contributed by atoms with van der Waals surface area (Å²) in [6.45, 7) is 1.99. The number of amidine groups is 1. The van der Waals surface area contributed by atoms with Crippen molar-refractivity contribution in [3.05, 3.63) is 29.0 Å². The molecule has 0 aromatic heterocycles. The molecule has 2 aliphatic heterocycles. The number of hydrogen-bond acceptors (Lipinski definition) is 4. The van der Waals surface area contributed by atoms with Crippen molar-refractivity contribution in [3.8, 4) is 0 Å². The Morgan fingerprint density at radius 1 is 1.44 bits per heavy atom. The minimum atomic E-state index is -3.15. The van der Waals surface area contributed by atoms with Gasteiger partial charge >= 0.3 is 0 Å². The molecule has 0 N–H and O–H groups in total. The number of nitrogens with zero attached hydrogens (tertiary/aromatic N) is 2. The number of fused-ring (bicyclic) bond motifs is 1. The Labute approximate surface area is 155 Å². The fourth-order valence-electron chi connectivity index (χ4n) is 2.99. The molecule has 2 saturated heterocycles. The van der Waals surface area contributed by atoms with Crippen molar-refractivity contribution >= 4 is 50.0 Å². The zero-order chi connectivity index (χ0) is 18.2. The second-order valence-electron chi connectivity index (χ2n) is 6.16. The van der Waals surface area contributed by atoms with Crippen molar-refractivity contribution in [2.24, 2.45) is 4.99 Å². The first-order valence-corrected chi connectivity index (χ1v) is 11.1. The smallest absolute Gasteiger partial charge is 0.248 e. The lowest BCUT2D eigenvalue weighted by molar-refractivity contribution is -0.117. The molecular formula is C16H18ClFN2O3S2. The molecule has 1 amide bonds. The number of sulfone groups is 1. The highest BCUT2D eigenvalue weighted by molar-refractivity contribution is 8.16. The molecule has 0 bridgehead atoms. The molecule has 0 saturated carbocycles. The van der Waals surface area contributed by atoms with E-state index in [1.165, 1.54) is 23.9 Å². The number of amides is 1. The van der Waals surface area contributed by atoms with Gasteiger partial charge in [0.15, 0.2) is 15.0 Å². The summed E-state index contributed by atoms with van der Waals surface area (Å²) in [5.41, 5.74) is 0.459. The molecular weight excluding hydrogens is 387 g/mol. The van der Waals surface area contributed by atoms with Crippen molar-refractivity contribution in [1.29, 1.82) is 0 Å². The molecule has 9 heteroatoms. The Balaban J connectivity index is 1.96. The van der Waals surface area contributed by atoms with Crippen LogP contribution < -0.4 is 4.90 Å². The number of thioether (sulfide) groups is 1. The van der Waals surface area contributed by atoms with E-state index in [1.807, 2.05) is 6.92 Å². The van der Waals surface area contributed by atoms with Crippen molar-refractivity contribution in [2.75, 3.05) is 16.4 Å². The van der Waals surface area contributed by atoms with Crippen molar-refractivity contribution in [3.63, 3.8) is 0 Å². The van der Waals surface area contributed by atoms with Crippen LogP contribution in [0.3, 0.4) is 0 Å². The quantitative estimate of drug-likeness (QED) is 0.770. The summed E-state index contributed by atoms with van der Waals surface area (Å²) >= 11 is 7.02. The van der Waals surface area contributed by atoms with Gasteiger partial charge in [0.25, 0.3) is 0 Å². The summed E-state index contributed by atoms with van der Waals surface area (Å²) in [5.74, 6) is -0.828. The van der Waals surface area contributed by atoms with Crippen LogP contribution in [0.1, 0.15) is 26.2 Å². The number of unbranched alkanes of at least 4 members (excludes halogenated alkanes) is 1. The summed E-state index contributed by atoms with van der Waals surface area (Å²) in [6, 6.07) is 3.94. The van der Waals surface area contributed by atoms with E-state index in [2.05, 4.69) is 4.99 Å². The molecule has 1 aromatic carbocycles. The van der Waals surface area contributed by atoms with Gasteiger partial charge < -0.3 is 4.90 Å². The lowest BCUT2D eigenvalue weighted by atomic mass is 10.2. The molecule has 0 radical (unpaired) electrons. The van der Waals surface area contributed by atoms with Crippen LogP contribution in [-0.2, 0) is 14.6 Å². The van der Waals surface area contributed by atoms with Gasteiger partial charge in [0.05, 0.1) is 22.6 Å². The fraction of sp³-hybridized carbons (Fsp3) is 0.500. The van der Waals surface area contributed by atoms with E-state index in [9.17, 15) is 17.6 Å². The van der Waals surface area contributed by atoms with Crippen LogP contribution in [0.2, 0.25) is 5.02 Å². The first-order chi connectivity index (χ1) is 11.8. The maximum absolute atomic E-state index is 13.9. The third-order valence-corrected chi connectivity index (χ3v) is 7.73. The molecule has 2 heterocycles. The van der Waals surface area contributed by atoms with Gasteiger partial charge in [0, 0.05) is 17.4 Å². The summed E-state index contributed by atoms with van der Waals surface area (Å²) in [7, 11) is -3.15. The topological polar surface area (TPSA) is 66.8 Å². The predicted octanol–water partition coefficient (Wildman–Crippen LogP) is 3.27. The van der Waals surface area contributed by atoms with Gasteiger partial charge in [-0.25, -0.2) is 12.8 Å². The molecule has 0 spiro atoms. The highest BCUT2D eigenvalue weighted by Gasteiger charge is 2.49. The minimum absolute atomic E-state index is 0.0105. The standard InChI is InChI=1S/C16H18ClFN2O3S2/c1-2-3-4-15(21)19-16-20(10-5-6-11(17)12(18)7-10)13-8-25(22,23)9-14(13)24-16/h5-7,13-14H,2-4,8-9H2,1H3/t13-,14+/m1/s1. The van der Waals surface area contributed by atoms with Gasteiger partial charge in [-0.3, -0.25) is 4.79 Å². The molecule has 2 atom stereocenters. The first kappa shape index (κ1) is 18.7. The number of carbonyl (C=O) groups is 1. The van der Waals surface area contributed by atoms with E-state index in [4.69, 9.17) is 11.6 Å². The number of benzene rings is 1. The average molecular weight is 405 g/mol. The molecule has 3 rings (SSSR count). The largest absolute Gasteiger partial charge is 0.315 e. The number of hydrogen-bond donors (Lipinski definition) is 0. The average Bonchev–Trinajstić information content (AvgIpc) is 2.99. The molecule has 2 fully saturated rings. The number of aliphatic imine (C=N–C) groups is 1. The van der Waals surface area contributed by atoms with Gasteiger partial charge in [-0.2, -0.15) is 4.99 Å². The summed E-state index contributed by atoms with van der Waals surface area (Å²) in [5, 5.41) is 0.220. The van der Waals surface area contributed by atoms with Gasteiger partial charge in [-0.05, 0) is 24.6 Å². The Kier molecular flexibility index (Phi) is 5.41. The molecule has 0 unspecified atom stereocenters. The first-order valence-electron chi connectivity index (χ1n) is 8.03. The van der Waals surface area contributed by atoms with Crippen molar-refractivity contribution in [2.45, 2.75) is 37.5 Å². The normalized spacial score (nSPS) is 26.2. The fourth-order valence-corrected chi connectivity index (χ4v) is 7.04. The Morgan fingerprint density at radius 3 is 2.88 bits per heavy atom. The van der Waals surface area contributed by atoms with Crippen molar-refractivity contribution < 1.29 is 17.6 Å². The Bertz CT molecular complexity index is 829. The molecule has 1 aromatic rings. The van der Waals surface area contributed by atoms with Crippen LogP contribution >= 0.6 is 23.4 Å². The van der Waals surface area contributed by atoms with Crippen molar-refractivity contribution in [1.82, 2.24) is 0 Å². The Morgan fingerprint density at radius 2 is 2.20 bits per heavy atom. The van der Waals surface area contributed by atoms with Gasteiger partial charge in [0.2, 0.25) is 5.91 Å². The van der Waals surface area contributed by atoms with Crippen LogP contribution in [0, 0.1) is 5.82 Å². The highest BCUT2D eigenvalue weighted by Crippen LogP contribution is 2.41. The zero-order valence-electron chi connectivity index (χ0n) is 13.6. The lowest BCUT2D eigenvalue weighted by Gasteiger charge is -2.24. The SMILES string of the molecule is CCCCC(=O)N=C1S[C@H]2CS(=O)(=O)C[C@H]2N1c1ccc(Cl)c(F)c1. The van der Waals surface area contributed by atoms with Gasteiger partial charge in [-0.15, -0.1) is 0 Å². The third kappa shape index (κ3) is 4.01. The predicted molar refractivity (Wildman–Crippen MR) is 99.7 cm³/mol. The summed E-state index contributed by atoms with van der Waals surface area (Å²) < 4.78 is 37.8. The molecule has 136 valence electrons. The Hall–Kier alpha value is -1.12. The van der Waals surface area contributed by atoms with Gasteiger partial charge in [0.1, 0.15) is 5.82 Å². The molecule has 25 heavy (non-hydrogen) atoms.